The Hall–Kier alpha value is -0.830. The number of hydrogen-bond donors (Lipinski definition) is 1. The van der Waals surface area contributed by atoms with Crippen LogP contribution in [0.5, 0.6) is 0 Å². The fraction of sp³-hybridized carbons (Fsp3) is 0.786. The van der Waals surface area contributed by atoms with E-state index in [0.717, 1.165) is 30.5 Å². The van der Waals surface area contributed by atoms with Gasteiger partial charge in [0.2, 0.25) is 5.89 Å². The highest BCUT2D eigenvalue weighted by Gasteiger charge is 2.17. The van der Waals surface area contributed by atoms with Gasteiger partial charge in [-0.3, -0.25) is 0 Å². The van der Waals surface area contributed by atoms with Crippen LogP contribution in [0.2, 0.25) is 0 Å². The highest BCUT2D eigenvalue weighted by atomic mass is 16.4. The molecule has 17 heavy (non-hydrogen) atoms. The lowest BCUT2D eigenvalue weighted by molar-refractivity contribution is 0.322. The molecule has 1 atom stereocenters. The molecular formula is C14H24N2O. The zero-order valence-corrected chi connectivity index (χ0v) is 11.0. The topological polar surface area (TPSA) is 38.1 Å². The monoisotopic (exact) mass is 236 g/mol. The van der Waals surface area contributed by atoms with Crippen LogP contribution in [-0.2, 0) is 6.42 Å². The standard InChI is InChI=1S/C14H24N2O/c1-3-15-11(2)14-16-10-13(17-14)9-12-7-5-4-6-8-12/h10-12,15H,3-9H2,1-2H3. The molecule has 1 heterocycles. The predicted octanol–water partition coefficient (Wildman–Crippen LogP) is 3.47. The molecule has 0 saturated heterocycles. The first kappa shape index (κ1) is 12.6. The molecule has 1 unspecified atom stereocenters. The maximum absolute atomic E-state index is 5.83. The van der Waals surface area contributed by atoms with Crippen molar-refractivity contribution in [2.24, 2.45) is 5.92 Å². The molecule has 1 aliphatic rings. The summed E-state index contributed by atoms with van der Waals surface area (Å²) in [6, 6.07) is 0.222. The van der Waals surface area contributed by atoms with Crippen LogP contribution in [0.15, 0.2) is 10.6 Å². The van der Waals surface area contributed by atoms with E-state index in [1.165, 1.54) is 32.1 Å². The third kappa shape index (κ3) is 3.56. The predicted molar refractivity (Wildman–Crippen MR) is 68.9 cm³/mol. The Balaban J connectivity index is 1.88. The number of hydrogen-bond acceptors (Lipinski definition) is 3. The lowest BCUT2D eigenvalue weighted by Crippen LogP contribution is -2.17. The minimum absolute atomic E-state index is 0.222. The third-order valence-corrected chi connectivity index (χ3v) is 3.67. The lowest BCUT2D eigenvalue weighted by atomic mass is 9.86. The second-order valence-corrected chi connectivity index (χ2v) is 5.15. The number of rotatable bonds is 5. The Morgan fingerprint density at radius 1 is 1.41 bits per heavy atom. The van der Waals surface area contributed by atoms with Crippen molar-refractivity contribution in [2.45, 2.75) is 58.4 Å². The summed E-state index contributed by atoms with van der Waals surface area (Å²) in [6.45, 7) is 5.14. The first-order valence-corrected chi connectivity index (χ1v) is 6.97. The average Bonchev–Trinajstić information content (AvgIpc) is 2.79. The molecule has 1 fully saturated rings. The van der Waals surface area contributed by atoms with Crippen LogP contribution >= 0.6 is 0 Å². The summed E-state index contributed by atoms with van der Waals surface area (Å²) in [5.41, 5.74) is 0. The van der Waals surface area contributed by atoms with E-state index in [0.29, 0.717) is 0 Å². The Morgan fingerprint density at radius 2 is 2.18 bits per heavy atom. The van der Waals surface area contributed by atoms with E-state index >= 15 is 0 Å². The van der Waals surface area contributed by atoms with Gasteiger partial charge in [0.1, 0.15) is 5.76 Å². The molecule has 1 aromatic heterocycles. The van der Waals surface area contributed by atoms with Crippen LogP contribution < -0.4 is 5.32 Å². The van der Waals surface area contributed by atoms with Gasteiger partial charge in [0.15, 0.2) is 0 Å². The van der Waals surface area contributed by atoms with Gasteiger partial charge in [-0.1, -0.05) is 39.0 Å². The quantitative estimate of drug-likeness (QED) is 0.850. The van der Waals surface area contributed by atoms with Gasteiger partial charge in [-0.2, -0.15) is 0 Å². The summed E-state index contributed by atoms with van der Waals surface area (Å²) in [6.07, 6.45) is 9.90. The Kier molecular flexibility index (Phi) is 4.60. The van der Waals surface area contributed by atoms with Crippen LogP contribution in [0.4, 0.5) is 0 Å². The Bertz CT molecular complexity index is 329. The zero-order valence-electron chi connectivity index (χ0n) is 11.0. The maximum atomic E-state index is 5.83. The van der Waals surface area contributed by atoms with Crippen molar-refractivity contribution in [1.29, 1.82) is 0 Å². The molecule has 0 amide bonds. The first-order chi connectivity index (χ1) is 8.29. The van der Waals surface area contributed by atoms with Gasteiger partial charge in [0.05, 0.1) is 12.2 Å². The van der Waals surface area contributed by atoms with Crippen molar-refractivity contribution in [1.82, 2.24) is 10.3 Å². The average molecular weight is 236 g/mol. The van der Waals surface area contributed by atoms with E-state index < -0.39 is 0 Å². The van der Waals surface area contributed by atoms with Crippen molar-refractivity contribution in [3.8, 4) is 0 Å². The summed E-state index contributed by atoms with van der Waals surface area (Å²) in [7, 11) is 0. The molecule has 1 saturated carbocycles. The molecule has 3 heteroatoms. The largest absolute Gasteiger partial charge is 0.444 e. The van der Waals surface area contributed by atoms with E-state index in [2.05, 4.69) is 24.1 Å². The van der Waals surface area contributed by atoms with E-state index in [1.54, 1.807) is 0 Å². The maximum Gasteiger partial charge on any atom is 0.211 e. The second-order valence-electron chi connectivity index (χ2n) is 5.15. The number of oxazole rings is 1. The van der Waals surface area contributed by atoms with E-state index in [1.807, 2.05) is 6.20 Å². The smallest absolute Gasteiger partial charge is 0.211 e. The normalized spacial score (nSPS) is 19.4. The molecule has 96 valence electrons. The summed E-state index contributed by atoms with van der Waals surface area (Å²) >= 11 is 0. The van der Waals surface area contributed by atoms with E-state index in [-0.39, 0.29) is 6.04 Å². The van der Waals surface area contributed by atoms with Crippen LogP contribution in [-0.4, -0.2) is 11.5 Å². The zero-order chi connectivity index (χ0) is 12.1. The molecule has 0 aromatic carbocycles. The molecular weight excluding hydrogens is 212 g/mol. The highest BCUT2D eigenvalue weighted by molar-refractivity contribution is 4.99. The van der Waals surface area contributed by atoms with Crippen LogP contribution in [0.1, 0.15) is 63.6 Å². The van der Waals surface area contributed by atoms with Gasteiger partial charge in [0, 0.05) is 6.42 Å². The Morgan fingerprint density at radius 3 is 2.88 bits per heavy atom. The molecule has 0 spiro atoms. The minimum Gasteiger partial charge on any atom is -0.444 e. The molecule has 1 N–H and O–H groups in total. The van der Waals surface area contributed by atoms with Crippen molar-refractivity contribution in [2.75, 3.05) is 6.54 Å². The fourth-order valence-electron chi connectivity index (χ4n) is 2.69. The molecule has 2 rings (SSSR count). The lowest BCUT2D eigenvalue weighted by Gasteiger charge is -2.20. The molecule has 0 aliphatic heterocycles. The molecule has 0 radical (unpaired) electrons. The minimum atomic E-state index is 0.222. The summed E-state index contributed by atoms with van der Waals surface area (Å²) in [5.74, 6) is 2.72. The molecule has 1 aromatic rings. The number of aromatic nitrogens is 1. The fourth-order valence-corrected chi connectivity index (χ4v) is 2.69. The van der Waals surface area contributed by atoms with Crippen molar-refractivity contribution in [3.05, 3.63) is 17.8 Å². The third-order valence-electron chi connectivity index (χ3n) is 3.67. The molecule has 0 bridgehead atoms. The van der Waals surface area contributed by atoms with Crippen molar-refractivity contribution in [3.63, 3.8) is 0 Å². The van der Waals surface area contributed by atoms with Crippen molar-refractivity contribution < 1.29 is 4.42 Å². The van der Waals surface area contributed by atoms with Crippen LogP contribution in [0.25, 0.3) is 0 Å². The van der Waals surface area contributed by atoms with Gasteiger partial charge >= 0.3 is 0 Å². The van der Waals surface area contributed by atoms with E-state index in [4.69, 9.17) is 4.42 Å². The van der Waals surface area contributed by atoms with Gasteiger partial charge in [-0.15, -0.1) is 0 Å². The second kappa shape index (κ2) is 6.20. The SMILES string of the molecule is CCNC(C)c1ncc(CC2CCCCC2)o1. The first-order valence-electron chi connectivity index (χ1n) is 6.97. The molecule has 1 aliphatic carbocycles. The van der Waals surface area contributed by atoms with Gasteiger partial charge < -0.3 is 9.73 Å². The van der Waals surface area contributed by atoms with Crippen molar-refractivity contribution >= 4 is 0 Å². The van der Waals surface area contributed by atoms with Gasteiger partial charge in [0.25, 0.3) is 0 Å². The summed E-state index contributed by atoms with van der Waals surface area (Å²) in [4.78, 5) is 4.37. The Labute approximate surface area is 104 Å². The van der Waals surface area contributed by atoms with Gasteiger partial charge in [-0.25, -0.2) is 4.98 Å². The summed E-state index contributed by atoms with van der Waals surface area (Å²) < 4.78 is 5.83. The molecule has 3 nitrogen and oxygen atoms in total. The number of nitrogens with one attached hydrogen (secondary N) is 1. The van der Waals surface area contributed by atoms with Crippen LogP contribution in [0.3, 0.4) is 0 Å². The summed E-state index contributed by atoms with van der Waals surface area (Å²) in [5, 5.41) is 3.32. The number of nitrogens with zero attached hydrogens (tertiary/aromatic N) is 1. The van der Waals surface area contributed by atoms with Gasteiger partial charge in [-0.05, 0) is 19.4 Å². The highest BCUT2D eigenvalue weighted by Crippen LogP contribution is 2.27. The van der Waals surface area contributed by atoms with Crippen LogP contribution in [0, 0.1) is 5.92 Å². The van der Waals surface area contributed by atoms with E-state index in [9.17, 15) is 0 Å².